The zero-order valence-corrected chi connectivity index (χ0v) is 16.4. The van der Waals surface area contributed by atoms with Gasteiger partial charge in [0.05, 0.1) is 11.4 Å². The Balaban J connectivity index is 1.87. The molecule has 0 spiro atoms. The summed E-state index contributed by atoms with van der Waals surface area (Å²) in [7, 11) is 0. The van der Waals surface area contributed by atoms with Gasteiger partial charge in [0.2, 0.25) is 5.91 Å². The van der Waals surface area contributed by atoms with Gasteiger partial charge in [-0.05, 0) is 62.2 Å². The summed E-state index contributed by atoms with van der Waals surface area (Å²) in [6.45, 7) is 6.53. The first-order valence-corrected chi connectivity index (χ1v) is 9.69. The molecule has 1 amide bonds. The van der Waals surface area contributed by atoms with Gasteiger partial charge in [0.1, 0.15) is 5.75 Å². The first kappa shape index (κ1) is 19.7. The van der Waals surface area contributed by atoms with Crippen molar-refractivity contribution in [2.75, 3.05) is 0 Å². The smallest absolute Gasteiger partial charge is 0.233 e. The van der Waals surface area contributed by atoms with Crippen molar-refractivity contribution in [3.63, 3.8) is 0 Å². The van der Waals surface area contributed by atoms with Gasteiger partial charge in [0.15, 0.2) is 0 Å². The molecule has 0 heterocycles. The van der Waals surface area contributed by atoms with Gasteiger partial charge in [-0.15, -0.1) is 11.8 Å². The lowest BCUT2D eigenvalue weighted by Crippen LogP contribution is -2.31. The van der Waals surface area contributed by atoms with Crippen molar-refractivity contribution in [3.05, 3.63) is 59.1 Å². The molecule has 0 saturated heterocycles. The number of halogens is 1. The second-order valence-electron chi connectivity index (χ2n) is 6.00. The maximum atomic E-state index is 12.4. The highest BCUT2D eigenvalue weighted by atomic mass is 35.5. The second kappa shape index (κ2) is 9.73. The predicted molar refractivity (Wildman–Crippen MR) is 105 cm³/mol. The van der Waals surface area contributed by atoms with Crippen LogP contribution in [0.1, 0.15) is 32.8 Å². The third kappa shape index (κ3) is 6.63. The highest BCUT2D eigenvalue weighted by Gasteiger charge is 2.17. The van der Waals surface area contributed by atoms with Gasteiger partial charge in [-0.2, -0.15) is 0 Å². The molecule has 5 heteroatoms. The van der Waals surface area contributed by atoms with E-state index in [1.54, 1.807) is 11.8 Å². The Morgan fingerprint density at radius 1 is 1.12 bits per heavy atom. The minimum Gasteiger partial charge on any atom is -0.491 e. The van der Waals surface area contributed by atoms with Crippen LogP contribution in [0.2, 0.25) is 5.02 Å². The standard InChI is InChI=1S/C20H24ClNO2S/c1-4-19(25-18-11-7-16(21)8-12-18)20(23)22-13-15-5-9-17(10-6-15)24-14(2)3/h5-12,14,19H,4,13H2,1-3H3,(H,22,23)/t19-/m0/s1. The molecule has 2 rings (SSSR count). The Bertz CT molecular complexity index is 671. The number of thioether (sulfide) groups is 1. The fourth-order valence-corrected chi connectivity index (χ4v) is 3.37. The van der Waals surface area contributed by atoms with Crippen LogP contribution in [0, 0.1) is 0 Å². The zero-order valence-electron chi connectivity index (χ0n) is 14.8. The lowest BCUT2D eigenvalue weighted by atomic mass is 10.2. The van der Waals surface area contributed by atoms with Gasteiger partial charge in [0.25, 0.3) is 0 Å². The summed E-state index contributed by atoms with van der Waals surface area (Å²) in [4.78, 5) is 13.5. The molecule has 0 aliphatic heterocycles. The van der Waals surface area contributed by atoms with Crippen molar-refractivity contribution in [1.82, 2.24) is 5.32 Å². The SMILES string of the molecule is CC[C@H](Sc1ccc(Cl)cc1)C(=O)NCc1ccc(OC(C)C)cc1. The maximum Gasteiger partial charge on any atom is 0.233 e. The minimum atomic E-state index is -0.121. The molecule has 0 saturated carbocycles. The van der Waals surface area contributed by atoms with Crippen molar-refractivity contribution < 1.29 is 9.53 Å². The molecule has 1 atom stereocenters. The van der Waals surface area contributed by atoms with Gasteiger partial charge in [-0.3, -0.25) is 4.79 Å². The van der Waals surface area contributed by atoms with Crippen LogP contribution in [0.4, 0.5) is 0 Å². The van der Waals surface area contributed by atoms with E-state index in [4.69, 9.17) is 16.3 Å². The first-order chi connectivity index (χ1) is 12.0. The Kier molecular flexibility index (Phi) is 7.66. The summed E-state index contributed by atoms with van der Waals surface area (Å²) in [6, 6.07) is 15.4. The van der Waals surface area contributed by atoms with E-state index in [1.807, 2.05) is 69.3 Å². The number of hydrogen-bond acceptors (Lipinski definition) is 3. The molecule has 1 N–H and O–H groups in total. The van der Waals surface area contributed by atoms with E-state index in [1.165, 1.54) is 0 Å². The van der Waals surface area contributed by atoms with Gasteiger partial charge in [0, 0.05) is 16.5 Å². The monoisotopic (exact) mass is 377 g/mol. The molecule has 2 aromatic carbocycles. The Morgan fingerprint density at radius 2 is 1.76 bits per heavy atom. The average molecular weight is 378 g/mol. The van der Waals surface area contributed by atoms with Crippen LogP contribution >= 0.6 is 23.4 Å². The molecule has 2 aromatic rings. The van der Waals surface area contributed by atoms with Crippen LogP contribution in [-0.4, -0.2) is 17.3 Å². The van der Waals surface area contributed by atoms with E-state index in [-0.39, 0.29) is 17.3 Å². The van der Waals surface area contributed by atoms with Crippen molar-refractivity contribution in [1.29, 1.82) is 0 Å². The van der Waals surface area contributed by atoms with Crippen molar-refractivity contribution in [3.8, 4) is 5.75 Å². The number of carbonyl (C=O) groups excluding carboxylic acids is 1. The number of ether oxygens (including phenoxy) is 1. The van der Waals surface area contributed by atoms with E-state index in [2.05, 4.69) is 5.32 Å². The molecular weight excluding hydrogens is 354 g/mol. The zero-order chi connectivity index (χ0) is 18.2. The molecule has 0 fully saturated rings. The van der Waals surface area contributed by atoms with E-state index < -0.39 is 0 Å². The quantitative estimate of drug-likeness (QED) is 0.633. The molecule has 134 valence electrons. The molecule has 0 aliphatic rings. The lowest BCUT2D eigenvalue weighted by Gasteiger charge is -2.15. The molecule has 25 heavy (non-hydrogen) atoms. The van der Waals surface area contributed by atoms with E-state index in [9.17, 15) is 4.79 Å². The van der Waals surface area contributed by atoms with Crippen molar-refractivity contribution in [2.45, 2.75) is 50.0 Å². The molecule has 0 bridgehead atoms. The molecule has 0 aromatic heterocycles. The number of nitrogens with one attached hydrogen (secondary N) is 1. The lowest BCUT2D eigenvalue weighted by molar-refractivity contribution is -0.120. The third-order valence-corrected chi connectivity index (χ3v) is 5.15. The van der Waals surface area contributed by atoms with E-state index >= 15 is 0 Å². The highest BCUT2D eigenvalue weighted by Crippen LogP contribution is 2.26. The topological polar surface area (TPSA) is 38.3 Å². The normalized spacial score (nSPS) is 12.0. The average Bonchev–Trinajstić information content (AvgIpc) is 2.60. The van der Waals surface area contributed by atoms with Crippen LogP contribution in [0.3, 0.4) is 0 Å². The summed E-state index contributed by atoms with van der Waals surface area (Å²) < 4.78 is 5.63. The number of carbonyl (C=O) groups is 1. The summed E-state index contributed by atoms with van der Waals surface area (Å²) in [5.41, 5.74) is 1.05. The number of benzene rings is 2. The van der Waals surface area contributed by atoms with Gasteiger partial charge in [-0.25, -0.2) is 0 Å². The van der Waals surface area contributed by atoms with Crippen LogP contribution in [0.15, 0.2) is 53.4 Å². The Hall–Kier alpha value is -1.65. The number of rotatable bonds is 8. The van der Waals surface area contributed by atoms with Crippen LogP contribution in [-0.2, 0) is 11.3 Å². The molecule has 3 nitrogen and oxygen atoms in total. The predicted octanol–water partition coefficient (Wildman–Crippen LogP) is 5.31. The number of amides is 1. The fraction of sp³-hybridized carbons (Fsp3) is 0.350. The Labute approximate surface area is 159 Å². The summed E-state index contributed by atoms with van der Waals surface area (Å²) in [5.74, 6) is 0.889. The van der Waals surface area contributed by atoms with E-state index in [0.29, 0.717) is 11.6 Å². The molecule has 0 aliphatic carbocycles. The molecular formula is C20H24ClNO2S. The third-order valence-electron chi connectivity index (χ3n) is 3.52. The van der Waals surface area contributed by atoms with Crippen molar-refractivity contribution in [2.24, 2.45) is 0 Å². The second-order valence-corrected chi connectivity index (χ2v) is 7.71. The Morgan fingerprint density at radius 3 is 2.32 bits per heavy atom. The largest absolute Gasteiger partial charge is 0.491 e. The van der Waals surface area contributed by atoms with E-state index in [0.717, 1.165) is 22.6 Å². The van der Waals surface area contributed by atoms with Gasteiger partial charge < -0.3 is 10.1 Å². The van der Waals surface area contributed by atoms with Gasteiger partial charge in [-0.1, -0.05) is 30.7 Å². The van der Waals surface area contributed by atoms with Crippen LogP contribution in [0.5, 0.6) is 5.75 Å². The van der Waals surface area contributed by atoms with Crippen LogP contribution < -0.4 is 10.1 Å². The van der Waals surface area contributed by atoms with Gasteiger partial charge >= 0.3 is 0 Å². The highest BCUT2D eigenvalue weighted by molar-refractivity contribution is 8.00. The molecule has 0 radical (unpaired) electrons. The summed E-state index contributed by atoms with van der Waals surface area (Å²) in [5, 5.41) is 3.60. The fourth-order valence-electron chi connectivity index (χ4n) is 2.26. The summed E-state index contributed by atoms with van der Waals surface area (Å²) >= 11 is 7.46. The van der Waals surface area contributed by atoms with Crippen LogP contribution in [0.25, 0.3) is 0 Å². The maximum absolute atomic E-state index is 12.4. The van der Waals surface area contributed by atoms with Crippen molar-refractivity contribution >= 4 is 29.3 Å². The first-order valence-electron chi connectivity index (χ1n) is 8.43. The number of hydrogen-bond donors (Lipinski definition) is 1. The molecule has 0 unspecified atom stereocenters. The summed E-state index contributed by atoms with van der Waals surface area (Å²) in [6.07, 6.45) is 0.918. The minimum absolute atomic E-state index is 0.0463.